The lowest BCUT2D eigenvalue weighted by Gasteiger charge is -2.49. The second-order valence-corrected chi connectivity index (χ2v) is 11.9. The average Bonchev–Trinajstić information content (AvgIpc) is 2.82. The van der Waals surface area contributed by atoms with Gasteiger partial charge in [-0.3, -0.25) is 4.90 Å². The van der Waals surface area contributed by atoms with Gasteiger partial charge in [-0.15, -0.1) is 0 Å². The predicted molar refractivity (Wildman–Crippen MR) is 133 cm³/mol. The van der Waals surface area contributed by atoms with Crippen molar-refractivity contribution in [2.75, 3.05) is 0 Å². The lowest BCUT2D eigenvalue weighted by molar-refractivity contribution is -0.146. The summed E-state index contributed by atoms with van der Waals surface area (Å²) in [4.78, 5) is 15.0. The molecule has 0 saturated heterocycles. The first-order chi connectivity index (χ1) is 15.5. The average molecular weight is 444 g/mol. The van der Waals surface area contributed by atoms with E-state index in [-0.39, 0.29) is 12.1 Å². The summed E-state index contributed by atoms with van der Waals surface area (Å²) < 4.78 is 5.70. The molecule has 3 nitrogen and oxygen atoms in total. The zero-order valence-electron chi connectivity index (χ0n) is 21.0. The van der Waals surface area contributed by atoms with Crippen LogP contribution in [-0.4, -0.2) is 35.1 Å². The summed E-state index contributed by atoms with van der Waals surface area (Å²) in [6.45, 7) is 7.95. The Labute approximate surface area is 197 Å². The van der Waals surface area contributed by atoms with E-state index in [1.165, 1.54) is 96.3 Å². The summed E-state index contributed by atoms with van der Waals surface area (Å²) in [5.41, 5.74) is 0.528. The van der Waals surface area contributed by atoms with E-state index in [4.69, 9.17) is 4.74 Å². The first kappa shape index (κ1) is 24.3. The van der Waals surface area contributed by atoms with Gasteiger partial charge in [-0.05, 0) is 102 Å². The molecule has 0 unspecified atom stereocenters. The fourth-order valence-electron chi connectivity index (χ4n) is 7.62. The lowest BCUT2D eigenvalue weighted by atomic mass is 9.70. The Kier molecular flexibility index (Phi) is 8.76. The molecule has 32 heavy (non-hydrogen) atoms. The third-order valence-electron chi connectivity index (χ3n) is 9.57. The smallest absolute Gasteiger partial charge is 0.333 e. The zero-order chi connectivity index (χ0) is 22.5. The maximum atomic E-state index is 12.0. The molecular formula is C29H49NO2. The van der Waals surface area contributed by atoms with Crippen LogP contribution in [0, 0.1) is 17.8 Å². The molecule has 0 atom stereocenters. The van der Waals surface area contributed by atoms with Crippen molar-refractivity contribution in [1.82, 2.24) is 4.90 Å². The molecule has 4 fully saturated rings. The van der Waals surface area contributed by atoms with Crippen LogP contribution in [0.25, 0.3) is 0 Å². The van der Waals surface area contributed by atoms with Gasteiger partial charge < -0.3 is 4.74 Å². The molecule has 0 amide bonds. The summed E-state index contributed by atoms with van der Waals surface area (Å²) in [5.74, 6) is 2.79. The summed E-state index contributed by atoms with van der Waals surface area (Å²) in [6, 6.07) is 2.31. The number of rotatable bonds is 6. The van der Waals surface area contributed by atoms with Gasteiger partial charge in [-0.1, -0.05) is 45.6 Å². The van der Waals surface area contributed by atoms with Crippen LogP contribution in [0.1, 0.15) is 123 Å². The molecule has 4 saturated carbocycles. The van der Waals surface area contributed by atoms with E-state index in [2.05, 4.69) is 18.4 Å². The molecule has 4 aliphatic rings. The van der Waals surface area contributed by atoms with Gasteiger partial charge in [0.25, 0.3) is 0 Å². The minimum Gasteiger partial charge on any atom is -0.459 e. The number of hydrogen-bond donors (Lipinski definition) is 0. The topological polar surface area (TPSA) is 29.5 Å². The van der Waals surface area contributed by atoms with Gasteiger partial charge in [0.1, 0.15) is 6.10 Å². The first-order valence-electron chi connectivity index (χ1n) is 14.1. The second-order valence-electron chi connectivity index (χ2n) is 11.9. The molecular weight excluding hydrogens is 394 g/mol. The molecule has 0 aromatic heterocycles. The van der Waals surface area contributed by atoms with Crippen LogP contribution >= 0.6 is 0 Å². The number of hydrogen-bond acceptors (Lipinski definition) is 3. The van der Waals surface area contributed by atoms with Gasteiger partial charge in [-0.25, -0.2) is 4.79 Å². The van der Waals surface area contributed by atoms with Gasteiger partial charge in [0.2, 0.25) is 0 Å². The monoisotopic (exact) mass is 443 g/mol. The Morgan fingerprint density at radius 2 is 1.16 bits per heavy atom. The molecule has 0 radical (unpaired) electrons. The highest BCUT2D eigenvalue weighted by Gasteiger charge is 2.39. The third kappa shape index (κ3) is 6.19. The van der Waals surface area contributed by atoms with E-state index in [1.54, 1.807) is 6.92 Å². The summed E-state index contributed by atoms with van der Waals surface area (Å²) in [7, 11) is 0. The van der Waals surface area contributed by atoms with Crippen LogP contribution in [0.15, 0.2) is 12.2 Å². The Morgan fingerprint density at radius 1 is 0.688 bits per heavy atom. The number of nitrogens with zero attached hydrogens (tertiary/aromatic N) is 1. The number of ether oxygens (including phenoxy) is 1. The fourth-order valence-corrected chi connectivity index (χ4v) is 7.62. The van der Waals surface area contributed by atoms with Crippen LogP contribution < -0.4 is 0 Å². The maximum Gasteiger partial charge on any atom is 0.333 e. The summed E-state index contributed by atoms with van der Waals surface area (Å²) in [6.07, 6.45) is 23.4. The summed E-state index contributed by atoms with van der Waals surface area (Å²) in [5, 5.41) is 0. The van der Waals surface area contributed by atoms with Crippen LogP contribution in [-0.2, 0) is 9.53 Å². The molecule has 0 bridgehead atoms. The second kappa shape index (κ2) is 11.5. The standard InChI is InChI=1S/C29H49NO2/c1-21(2)29(31)32-28-19-17-27(18-20-28)30(25-7-5-4-6-8-25)26-15-13-24(14-16-26)23-11-9-22(3)10-12-23/h22-28H,1,4-20H2,2-3H3. The SMILES string of the molecule is C=C(C)C(=O)OC1CCC(N(C2CCCCC2)C2CCC(C3CCC(C)CC3)CC2)CC1. The van der Waals surface area contributed by atoms with Crippen molar-refractivity contribution in [3.63, 3.8) is 0 Å². The van der Waals surface area contributed by atoms with Crippen molar-refractivity contribution in [3.05, 3.63) is 12.2 Å². The fraction of sp³-hybridized carbons (Fsp3) is 0.897. The van der Waals surface area contributed by atoms with Crippen LogP contribution in [0.2, 0.25) is 0 Å². The first-order valence-corrected chi connectivity index (χ1v) is 14.1. The Morgan fingerprint density at radius 3 is 1.69 bits per heavy atom. The van der Waals surface area contributed by atoms with Crippen LogP contribution in [0.4, 0.5) is 0 Å². The van der Waals surface area contributed by atoms with Gasteiger partial charge in [-0.2, -0.15) is 0 Å². The minimum absolute atomic E-state index is 0.105. The number of carbonyl (C=O) groups excluding carboxylic acids is 1. The highest BCUT2D eigenvalue weighted by molar-refractivity contribution is 5.87. The van der Waals surface area contributed by atoms with Crippen LogP contribution in [0.5, 0.6) is 0 Å². The van der Waals surface area contributed by atoms with Crippen molar-refractivity contribution in [2.24, 2.45) is 17.8 Å². The van der Waals surface area contributed by atoms with Gasteiger partial charge in [0.05, 0.1) is 0 Å². The largest absolute Gasteiger partial charge is 0.459 e. The highest BCUT2D eigenvalue weighted by atomic mass is 16.5. The summed E-state index contributed by atoms with van der Waals surface area (Å²) >= 11 is 0. The van der Waals surface area contributed by atoms with E-state index in [0.717, 1.165) is 42.7 Å². The molecule has 3 heteroatoms. The molecule has 0 N–H and O–H groups in total. The van der Waals surface area contributed by atoms with Crippen molar-refractivity contribution in [1.29, 1.82) is 0 Å². The highest BCUT2D eigenvalue weighted by Crippen LogP contribution is 2.43. The minimum atomic E-state index is -0.201. The molecule has 4 aliphatic carbocycles. The Balaban J connectivity index is 1.33. The zero-order valence-corrected chi connectivity index (χ0v) is 21.0. The third-order valence-corrected chi connectivity index (χ3v) is 9.57. The van der Waals surface area contributed by atoms with Crippen LogP contribution in [0.3, 0.4) is 0 Å². The van der Waals surface area contributed by atoms with E-state index in [0.29, 0.717) is 11.6 Å². The molecule has 0 heterocycles. The van der Waals surface area contributed by atoms with Crippen molar-refractivity contribution >= 4 is 5.97 Å². The van der Waals surface area contributed by atoms with E-state index in [1.807, 2.05) is 0 Å². The number of esters is 1. The van der Waals surface area contributed by atoms with Crippen molar-refractivity contribution in [3.8, 4) is 0 Å². The van der Waals surface area contributed by atoms with Crippen molar-refractivity contribution < 1.29 is 9.53 Å². The predicted octanol–water partition coefficient (Wildman–Crippen LogP) is 7.44. The van der Waals surface area contributed by atoms with E-state index in [9.17, 15) is 4.79 Å². The molecule has 4 rings (SSSR count). The van der Waals surface area contributed by atoms with Gasteiger partial charge in [0.15, 0.2) is 0 Å². The Bertz CT molecular complexity index is 601. The molecule has 0 spiro atoms. The van der Waals surface area contributed by atoms with Gasteiger partial charge >= 0.3 is 5.97 Å². The normalized spacial score (nSPS) is 37.2. The molecule has 0 aromatic rings. The van der Waals surface area contributed by atoms with E-state index < -0.39 is 0 Å². The van der Waals surface area contributed by atoms with E-state index >= 15 is 0 Å². The molecule has 0 aromatic carbocycles. The lowest BCUT2D eigenvalue weighted by Crippen LogP contribution is -2.53. The maximum absolute atomic E-state index is 12.0. The Hall–Kier alpha value is -0.830. The van der Waals surface area contributed by atoms with Gasteiger partial charge in [0, 0.05) is 23.7 Å². The molecule has 0 aliphatic heterocycles. The molecule has 182 valence electrons. The number of carbonyl (C=O) groups is 1. The van der Waals surface area contributed by atoms with Crippen molar-refractivity contribution in [2.45, 2.75) is 147 Å². The quantitative estimate of drug-likeness (QED) is 0.315.